The van der Waals surface area contributed by atoms with E-state index in [9.17, 15) is 9.59 Å². The third-order valence-corrected chi connectivity index (χ3v) is 5.30. The molecule has 0 bridgehead atoms. The second kappa shape index (κ2) is 9.78. The molecule has 0 aliphatic rings. The predicted molar refractivity (Wildman–Crippen MR) is 123 cm³/mol. The largest absolute Gasteiger partial charge is 0.441 e. The Morgan fingerprint density at radius 2 is 2.00 bits per heavy atom. The molecule has 8 heteroatoms. The van der Waals surface area contributed by atoms with Gasteiger partial charge in [0.25, 0.3) is 5.56 Å². The first-order chi connectivity index (χ1) is 15.5. The number of aromatic amines is 1. The maximum absolute atomic E-state index is 12.9. The molecule has 7 nitrogen and oxygen atoms in total. The normalized spacial score (nSPS) is 11.1. The average Bonchev–Trinajstić information content (AvgIpc) is 3.26. The van der Waals surface area contributed by atoms with Crippen molar-refractivity contribution in [2.24, 2.45) is 0 Å². The molecule has 164 valence electrons. The van der Waals surface area contributed by atoms with Crippen molar-refractivity contribution in [2.75, 3.05) is 6.54 Å². The number of rotatable bonds is 8. The van der Waals surface area contributed by atoms with Gasteiger partial charge in [0.1, 0.15) is 5.82 Å². The molecular weight excluding hydrogens is 428 g/mol. The number of H-pyrrole nitrogens is 1. The topological polar surface area (TPSA) is 92.1 Å². The number of oxazole rings is 1. The highest BCUT2D eigenvalue weighted by Gasteiger charge is 2.17. The van der Waals surface area contributed by atoms with Crippen LogP contribution in [0.2, 0.25) is 5.02 Å². The Morgan fingerprint density at radius 3 is 2.78 bits per heavy atom. The average molecular weight is 451 g/mol. The monoisotopic (exact) mass is 450 g/mol. The lowest BCUT2D eigenvalue weighted by atomic mass is 10.2. The highest BCUT2D eigenvalue weighted by atomic mass is 35.5. The molecule has 1 N–H and O–H groups in total. The first-order valence-corrected chi connectivity index (χ1v) is 10.9. The maximum atomic E-state index is 12.9. The van der Waals surface area contributed by atoms with Gasteiger partial charge in [-0.2, -0.15) is 0 Å². The second-order valence-electron chi connectivity index (χ2n) is 7.47. The number of aryl methyl sites for hydroxylation is 1. The van der Waals surface area contributed by atoms with E-state index < -0.39 is 0 Å². The van der Waals surface area contributed by atoms with Gasteiger partial charge in [0.15, 0.2) is 11.7 Å². The van der Waals surface area contributed by atoms with Gasteiger partial charge in [0, 0.05) is 30.0 Å². The van der Waals surface area contributed by atoms with Crippen LogP contribution in [0, 0.1) is 0 Å². The zero-order chi connectivity index (χ0) is 22.5. The number of nitrogens with one attached hydrogen (secondary N) is 1. The van der Waals surface area contributed by atoms with Crippen LogP contribution in [0.5, 0.6) is 0 Å². The van der Waals surface area contributed by atoms with E-state index >= 15 is 0 Å². The smallest absolute Gasteiger partial charge is 0.258 e. The van der Waals surface area contributed by atoms with Crippen molar-refractivity contribution in [3.05, 3.63) is 81.8 Å². The van der Waals surface area contributed by atoms with Gasteiger partial charge in [-0.15, -0.1) is 0 Å². The molecule has 32 heavy (non-hydrogen) atoms. The van der Waals surface area contributed by atoms with Crippen LogP contribution in [0.25, 0.3) is 22.2 Å². The third kappa shape index (κ3) is 5.06. The summed E-state index contributed by atoms with van der Waals surface area (Å²) >= 11 is 6.04. The minimum Gasteiger partial charge on any atom is -0.441 e. The van der Waals surface area contributed by atoms with Gasteiger partial charge in [-0.05, 0) is 24.6 Å². The molecule has 0 aliphatic heterocycles. The fourth-order valence-corrected chi connectivity index (χ4v) is 3.68. The van der Waals surface area contributed by atoms with Crippen LogP contribution in [0.4, 0.5) is 0 Å². The minimum absolute atomic E-state index is 0.0554. The Bertz CT molecular complexity index is 1280. The predicted octanol–water partition coefficient (Wildman–Crippen LogP) is 4.60. The van der Waals surface area contributed by atoms with Crippen LogP contribution in [0.3, 0.4) is 0 Å². The van der Waals surface area contributed by atoms with E-state index in [2.05, 4.69) is 15.0 Å². The molecule has 0 radical (unpaired) electrons. The van der Waals surface area contributed by atoms with Crippen LogP contribution in [-0.2, 0) is 17.8 Å². The lowest BCUT2D eigenvalue weighted by molar-refractivity contribution is -0.132. The van der Waals surface area contributed by atoms with E-state index in [1.54, 1.807) is 29.3 Å². The molecule has 4 rings (SSSR count). The molecule has 0 atom stereocenters. The Morgan fingerprint density at radius 1 is 1.19 bits per heavy atom. The Labute approximate surface area is 190 Å². The fraction of sp³-hybridized carbons (Fsp3) is 0.250. The van der Waals surface area contributed by atoms with Crippen molar-refractivity contribution in [3.8, 4) is 11.3 Å². The zero-order valence-electron chi connectivity index (χ0n) is 17.7. The summed E-state index contributed by atoms with van der Waals surface area (Å²) in [7, 11) is 0. The van der Waals surface area contributed by atoms with Gasteiger partial charge in [0.2, 0.25) is 5.91 Å². The number of benzene rings is 2. The fourth-order valence-electron chi connectivity index (χ4n) is 3.51. The van der Waals surface area contributed by atoms with Crippen LogP contribution < -0.4 is 5.56 Å². The van der Waals surface area contributed by atoms with Crippen LogP contribution in [0.15, 0.2) is 63.9 Å². The number of hydrogen-bond acceptors (Lipinski definition) is 5. The number of fused-ring (bicyclic) bond motifs is 1. The number of hydrogen-bond donors (Lipinski definition) is 1. The van der Waals surface area contributed by atoms with E-state index in [-0.39, 0.29) is 24.4 Å². The standard InChI is InChI=1S/C24H23ClN4O3/c1-2-12-29(15-21-27-19-13-17(25)8-9-18(19)24(31)28-21)23(30)11-10-22-26-14-20(32-22)16-6-4-3-5-7-16/h3-9,13-14H,2,10-12,15H2,1H3,(H,27,28,31). The molecule has 0 saturated heterocycles. The SMILES string of the molecule is CCCN(Cc1nc2cc(Cl)ccc2c(=O)[nH]1)C(=O)CCc1ncc(-c2ccccc2)o1. The van der Waals surface area contributed by atoms with E-state index in [4.69, 9.17) is 16.0 Å². The number of halogens is 1. The third-order valence-electron chi connectivity index (χ3n) is 5.07. The summed E-state index contributed by atoms with van der Waals surface area (Å²) in [6.45, 7) is 2.76. The van der Waals surface area contributed by atoms with Gasteiger partial charge in [-0.1, -0.05) is 48.9 Å². The Kier molecular flexibility index (Phi) is 6.66. The van der Waals surface area contributed by atoms with Gasteiger partial charge >= 0.3 is 0 Å². The van der Waals surface area contributed by atoms with E-state index in [1.807, 2.05) is 37.3 Å². The highest BCUT2D eigenvalue weighted by Crippen LogP contribution is 2.20. The van der Waals surface area contributed by atoms with E-state index in [1.165, 1.54) is 0 Å². The molecule has 2 heterocycles. The molecule has 2 aromatic heterocycles. The lowest BCUT2D eigenvalue weighted by Gasteiger charge is -2.21. The molecule has 4 aromatic rings. The summed E-state index contributed by atoms with van der Waals surface area (Å²) in [6.07, 6.45) is 3.10. The second-order valence-corrected chi connectivity index (χ2v) is 7.91. The number of carbonyl (C=O) groups excluding carboxylic acids is 1. The Hall–Kier alpha value is -3.45. The van der Waals surface area contributed by atoms with Crippen molar-refractivity contribution in [2.45, 2.75) is 32.7 Å². The minimum atomic E-state index is -0.251. The molecular formula is C24H23ClN4O3. The molecule has 0 aliphatic carbocycles. The number of carbonyl (C=O) groups is 1. The highest BCUT2D eigenvalue weighted by molar-refractivity contribution is 6.31. The molecule has 0 unspecified atom stereocenters. The molecule has 1 amide bonds. The summed E-state index contributed by atoms with van der Waals surface area (Å²) < 4.78 is 5.80. The van der Waals surface area contributed by atoms with Crippen LogP contribution in [0.1, 0.15) is 31.5 Å². The van der Waals surface area contributed by atoms with Gasteiger partial charge in [-0.25, -0.2) is 9.97 Å². The lowest BCUT2D eigenvalue weighted by Crippen LogP contribution is -2.33. The summed E-state index contributed by atoms with van der Waals surface area (Å²) in [4.78, 5) is 38.5. The first kappa shape index (κ1) is 21.8. The summed E-state index contributed by atoms with van der Waals surface area (Å²) in [5.41, 5.74) is 1.20. The van der Waals surface area contributed by atoms with Gasteiger partial charge in [-0.3, -0.25) is 9.59 Å². The Balaban J connectivity index is 1.45. The van der Waals surface area contributed by atoms with Crippen molar-refractivity contribution >= 4 is 28.4 Å². The quantitative estimate of drug-likeness (QED) is 0.423. The van der Waals surface area contributed by atoms with Crippen LogP contribution in [-0.4, -0.2) is 32.3 Å². The van der Waals surface area contributed by atoms with Crippen molar-refractivity contribution in [1.82, 2.24) is 19.9 Å². The van der Waals surface area contributed by atoms with Crippen LogP contribution >= 0.6 is 11.6 Å². The van der Waals surface area contributed by atoms with Gasteiger partial charge in [0.05, 0.1) is 23.6 Å². The molecule has 0 saturated carbocycles. The van der Waals surface area contributed by atoms with Crippen molar-refractivity contribution in [3.63, 3.8) is 0 Å². The number of aromatic nitrogens is 3. The van der Waals surface area contributed by atoms with E-state index in [0.29, 0.717) is 46.4 Å². The molecule has 0 fully saturated rings. The zero-order valence-corrected chi connectivity index (χ0v) is 18.4. The van der Waals surface area contributed by atoms with E-state index in [0.717, 1.165) is 12.0 Å². The number of amides is 1. The summed E-state index contributed by atoms with van der Waals surface area (Å²) in [6, 6.07) is 14.6. The molecule has 0 spiro atoms. The van der Waals surface area contributed by atoms with Crippen molar-refractivity contribution in [1.29, 1.82) is 0 Å². The maximum Gasteiger partial charge on any atom is 0.258 e. The van der Waals surface area contributed by atoms with Crippen molar-refractivity contribution < 1.29 is 9.21 Å². The number of nitrogens with zero attached hydrogens (tertiary/aromatic N) is 3. The first-order valence-electron chi connectivity index (χ1n) is 10.5. The van der Waals surface area contributed by atoms with Gasteiger partial charge < -0.3 is 14.3 Å². The summed E-state index contributed by atoms with van der Waals surface area (Å²) in [5, 5.41) is 0.966. The summed E-state index contributed by atoms with van der Waals surface area (Å²) in [5.74, 6) is 1.56. The molecule has 2 aromatic carbocycles.